The van der Waals surface area contributed by atoms with Crippen LogP contribution in [-0.2, 0) is 11.8 Å². The SMILES string of the molecule is Cc1cn2c(=O)c3ncn([C@@H]4O[C@H](CO)[C@@H](O)[C@H]4O)c3nc2n1C. The number of imidazole rings is 2. The van der Waals surface area contributed by atoms with Crippen LogP contribution in [0.5, 0.6) is 0 Å². The fraction of sp³-hybridized carbons (Fsp3) is 0.500. The van der Waals surface area contributed by atoms with Gasteiger partial charge in [0.1, 0.15) is 18.3 Å². The minimum atomic E-state index is -1.27. The van der Waals surface area contributed by atoms with E-state index in [2.05, 4.69) is 9.97 Å². The Balaban J connectivity index is 1.93. The van der Waals surface area contributed by atoms with E-state index in [1.807, 2.05) is 6.92 Å². The van der Waals surface area contributed by atoms with Crippen molar-refractivity contribution in [3.63, 3.8) is 0 Å². The number of aliphatic hydroxyl groups excluding tert-OH is 3. The van der Waals surface area contributed by atoms with Crippen LogP contribution in [-0.4, -0.2) is 63.7 Å². The zero-order chi connectivity index (χ0) is 17.2. The number of hydrogen-bond donors (Lipinski definition) is 3. The van der Waals surface area contributed by atoms with Crippen LogP contribution in [0.15, 0.2) is 17.3 Å². The minimum Gasteiger partial charge on any atom is -0.394 e. The molecule has 0 spiro atoms. The molecule has 1 aliphatic heterocycles. The molecule has 10 nitrogen and oxygen atoms in total. The van der Waals surface area contributed by atoms with Crippen molar-refractivity contribution in [1.82, 2.24) is 23.5 Å². The molecular formula is C14H17N5O5. The molecule has 3 N–H and O–H groups in total. The summed E-state index contributed by atoms with van der Waals surface area (Å²) in [6.45, 7) is 1.42. The summed E-state index contributed by atoms with van der Waals surface area (Å²) in [5.41, 5.74) is 0.905. The van der Waals surface area contributed by atoms with E-state index in [-0.39, 0.29) is 16.7 Å². The predicted octanol–water partition coefficient (Wildman–Crippen LogP) is -1.70. The molecule has 0 unspecified atom stereocenters. The van der Waals surface area contributed by atoms with Crippen molar-refractivity contribution in [1.29, 1.82) is 0 Å². The van der Waals surface area contributed by atoms with Gasteiger partial charge in [-0.3, -0.25) is 9.36 Å². The number of aromatic nitrogens is 5. The molecule has 0 aromatic carbocycles. The van der Waals surface area contributed by atoms with Gasteiger partial charge in [-0.1, -0.05) is 0 Å². The predicted molar refractivity (Wildman–Crippen MR) is 81.5 cm³/mol. The molecule has 24 heavy (non-hydrogen) atoms. The Kier molecular flexibility index (Phi) is 3.25. The third kappa shape index (κ3) is 1.88. The highest BCUT2D eigenvalue weighted by molar-refractivity contribution is 5.72. The van der Waals surface area contributed by atoms with Crippen LogP contribution >= 0.6 is 0 Å². The second kappa shape index (κ2) is 5.11. The first-order valence-corrected chi connectivity index (χ1v) is 7.47. The maximum absolute atomic E-state index is 12.6. The maximum Gasteiger partial charge on any atom is 0.287 e. The normalized spacial score (nSPS) is 27.5. The van der Waals surface area contributed by atoms with Gasteiger partial charge in [-0.05, 0) is 6.92 Å². The largest absolute Gasteiger partial charge is 0.394 e. The molecule has 0 bridgehead atoms. The molecule has 4 heterocycles. The highest BCUT2D eigenvalue weighted by atomic mass is 16.6. The van der Waals surface area contributed by atoms with E-state index in [9.17, 15) is 20.1 Å². The van der Waals surface area contributed by atoms with Gasteiger partial charge in [-0.15, -0.1) is 0 Å². The van der Waals surface area contributed by atoms with Crippen LogP contribution in [0.4, 0.5) is 0 Å². The smallest absolute Gasteiger partial charge is 0.287 e. The van der Waals surface area contributed by atoms with Gasteiger partial charge in [0.2, 0.25) is 5.78 Å². The molecule has 4 rings (SSSR count). The standard InChI is InChI=1S/C14H17N5O5/c1-6-3-18-12(23)8-11(16-14(18)17(6)2)19(5-15-8)13-10(22)9(21)7(4-20)24-13/h3,5,7,9-10,13,20-22H,4H2,1-2H3/t7-,9-,10-,13-/m1/s1. The lowest BCUT2D eigenvalue weighted by Gasteiger charge is -2.16. The molecule has 10 heteroatoms. The second-order valence-corrected chi connectivity index (χ2v) is 5.97. The summed E-state index contributed by atoms with van der Waals surface area (Å²) in [6.07, 6.45) is -1.39. The fourth-order valence-electron chi connectivity index (χ4n) is 3.05. The molecule has 0 aliphatic carbocycles. The quantitative estimate of drug-likeness (QED) is 0.509. The number of rotatable bonds is 2. The van der Waals surface area contributed by atoms with Gasteiger partial charge in [0.05, 0.1) is 12.9 Å². The number of fused-ring (bicyclic) bond motifs is 2. The Labute approximate surface area is 135 Å². The van der Waals surface area contributed by atoms with Crippen molar-refractivity contribution in [3.05, 3.63) is 28.6 Å². The van der Waals surface area contributed by atoms with Crippen molar-refractivity contribution in [2.45, 2.75) is 31.5 Å². The van der Waals surface area contributed by atoms with E-state index >= 15 is 0 Å². The van der Waals surface area contributed by atoms with Crippen LogP contribution in [0.1, 0.15) is 11.9 Å². The molecular weight excluding hydrogens is 318 g/mol. The average Bonchev–Trinajstić information content (AvgIpc) is 3.19. The van der Waals surface area contributed by atoms with Crippen LogP contribution in [0.25, 0.3) is 16.9 Å². The van der Waals surface area contributed by atoms with Gasteiger partial charge in [0.15, 0.2) is 17.4 Å². The number of hydrogen-bond acceptors (Lipinski definition) is 7. The van der Waals surface area contributed by atoms with Crippen molar-refractivity contribution >= 4 is 16.9 Å². The Bertz CT molecular complexity index is 989. The van der Waals surface area contributed by atoms with E-state index in [1.165, 1.54) is 15.3 Å². The molecule has 3 aromatic heterocycles. The van der Waals surface area contributed by atoms with E-state index in [0.29, 0.717) is 5.78 Å². The summed E-state index contributed by atoms with van der Waals surface area (Å²) in [6, 6.07) is 0. The first-order valence-electron chi connectivity index (χ1n) is 7.47. The highest BCUT2D eigenvalue weighted by Gasteiger charge is 2.44. The van der Waals surface area contributed by atoms with Gasteiger partial charge >= 0.3 is 0 Å². The number of ether oxygens (including phenoxy) is 1. The Morgan fingerprint density at radius 3 is 2.75 bits per heavy atom. The van der Waals surface area contributed by atoms with E-state index in [1.54, 1.807) is 17.8 Å². The van der Waals surface area contributed by atoms with Crippen LogP contribution in [0, 0.1) is 6.92 Å². The maximum atomic E-state index is 12.6. The number of aryl methyl sites for hydroxylation is 2. The van der Waals surface area contributed by atoms with Crippen molar-refractivity contribution in [3.8, 4) is 0 Å². The minimum absolute atomic E-state index is 0.135. The number of nitrogens with zero attached hydrogens (tertiary/aromatic N) is 5. The van der Waals surface area contributed by atoms with E-state index in [4.69, 9.17) is 4.74 Å². The summed E-state index contributed by atoms with van der Waals surface area (Å²) >= 11 is 0. The summed E-state index contributed by atoms with van der Waals surface area (Å²) in [5.74, 6) is 0.429. The number of aliphatic hydroxyl groups is 3. The molecule has 0 saturated carbocycles. The lowest BCUT2D eigenvalue weighted by atomic mass is 10.1. The van der Waals surface area contributed by atoms with Gasteiger partial charge in [-0.25, -0.2) is 9.38 Å². The summed E-state index contributed by atoms with van der Waals surface area (Å²) < 4.78 is 10.1. The Hall–Kier alpha value is -2.27. The van der Waals surface area contributed by atoms with Crippen LogP contribution < -0.4 is 5.56 Å². The Morgan fingerprint density at radius 2 is 2.08 bits per heavy atom. The van der Waals surface area contributed by atoms with Crippen molar-refractivity contribution in [2.24, 2.45) is 7.05 Å². The lowest BCUT2D eigenvalue weighted by Crippen LogP contribution is -2.33. The zero-order valence-electron chi connectivity index (χ0n) is 13.1. The monoisotopic (exact) mass is 335 g/mol. The van der Waals surface area contributed by atoms with Crippen molar-refractivity contribution < 1.29 is 20.1 Å². The topological polar surface area (TPSA) is 127 Å². The highest BCUT2D eigenvalue weighted by Crippen LogP contribution is 2.30. The fourth-order valence-corrected chi connectivity index (χ4v) is 3.05. The zero-order valence-corrected chi connectivity index (χ0v) is 13.1. The van der Waals surface area contributed by atoms with Crippen LogP contribution in [0.3, 0.4) is 0 Å². The molecule has 0 radical (unpaired) electrons. The molecule has 128 valence electrons. The first-order chi connectivity index (χ1) is 11.4. The summed E-state index contributed by atoms with van der Waals surface area (Å²) in [4.78, 5) is 21.1. The van der Waals surface area contributed by atoms with Gasteiger partial charge in [-0.2, -0.15) is 4.98 Å². The van der Waals surface area contributed by atoms with Gasteiger partial charge in [0, 0.05) is 18.9 Å². The summed E-state index contributed by atoms with van der Waals surface area (Å²) in [7, 11) is 1.79. The average molecular weight is 335 g/mol. The molecule has 1 saturated heterocycles. The van der Waals surface area contributed by atoms with E-state index in [0.717, 1.165) is 5.69 Å². The van der Waals surface area contributed by atoms with Gasteiger partial charge in [0.25, 0.3) is 5.56 Å². The summed E-state index contributed by atoms with van der Waals surface area (Å²) in [5, 5.41) is 29.3. The molecule has 4 atom stereocenters. The lowest BCUT2D eigenvalue weighted by molar-refractivity contribution is -0.0511. The Morgan fingerprint density at radius 1 is 1.33 bits per heavy atom. The molecule has 1 fully saturated rings. The molecule has 0 amide bonds. The molecule has 1 aliphatic rings. The third-order valence-electron chi connectivity index (χ3n) is 4.55. The third-order valence-corrected chi connectivity index (χ3v) is 4.55. The van der Waals surface area contributed by atoms with Crippen LogP contribution in [0.2, 0.25) is 0 Å². The molecule has 3 aromatic rings. The van der Waals surface area contributed by atoms with Gasteiger partial charge < -0.3 is 24.6 Å². The second-order valence-electron chi connectivity index (χ2n) is 5.97. The van der Waals surface area contributed by atoms with E-state index < -0.39 is 31.1 Å². The van der Waals surface area contributed by atoms with Crippen molar-refractivity contribution in [2.75, 3.05) is 6.61 Å². The first kappa shape index (κ1) is 15.3.